The standard InChI is InChI=1S/C14H21ClN2O/c1-16-7-6-11(8-16)9-17(2)14-12(10-18)4-3-5-13(14)15/h3-5,11,18H,6-10H2,1-2H3. The van der Waals surface area contributed by atoms with Crippen molar-refractivity contribution < 1.29 is 5.11 Å². The van der Waals surface area contributed by atoms with Crippen molar-refractivity contribution in [1.82, 2.24) is 4.90 Å². The molecule has 0 aromatic heterocycles. The van der Waals surface area contributed by atoms with Crippen LogP contribution in [0.3, 0.4) is 0 Å². The van der Waals surface area contributed by atoms with E-state index in [2.05, 4.69) is 23.9 Å². The van der Waals surface area contributed by atoms with Crippen molar-refractivity contribution in [2.75, 3.05) is 38.6 Å². The normalized spacial score (nSPS) is 20.3. The monoisotopic (exact) mass is 268 g/mol. The van der Waals surface area contributed by atoms with Crippen LogP contribution in [-0.2, 0) is 6.61 Å². The number of aliphatic hydroxyl groups excluding tert-OH is 1. The van der Waals surface area contributed by atoms with Gasteiger partial charge in [-0.25, -0.2) is 0 Å². The minimum atomic E-state index is 0.0325. The minimum absolute atomic E-state index is 0.0325. The van der Waals surface area contributed by atoms with Crippen LogP contribution in [0.15, 0.2) is 18.2 Å². The summed E-state index contributed by atoms with van der Waals surface area (Å²) >= 11 is 6.25. The van der Waals surface area contributed by atoms with Crippen LogP contribution in [0.25, 0.3) is 0 Å². The summed E-state index contributed by atoms with van der Waals surface area (Å²) in [6.07, 6.45) is 1.24. The van der Waals surface area contributed by atoms with Crippen LogP contribution >= 0.6 is 11.6 Å². The number of hydrogen-bond donors (Lipinski definition) is 1. The highest BCUT2D eigenvalue weighted by Gasteiger charge is 2.22. The fourth-order valence-electron chi connectivity index (χ4n) is 2.77. The molecule has 1 atom stereocenters. The van der Waals surface area contributed by atoms with E-state index < -0.39 is 0 Å². The summed E-state index contributed by atoms with van der Waals surface area (Å²) in [6.45, 7) is 3.34. The molecule has 0 spiro atoms. The van der Waals surface area contributed by atoms with Gasteiger partial charge in [0.25, 0.3) is 0 Å². The van der Waals surface area contributed by atoms with Gasteiger partial charge in [-0.3, -0.25) is 0 Å². The summed E-state index contributed by atoms with van der Waals surface area (Å²) in [5.41, 5.74) is 1.87. The molecule has 0 amide bonds. The molecule has 1 unspecified atom stereocenters. The van der Waals surface area contributed by atoms with Gasteiger partial charge in [0.1, 0.15) is 0 Å². The van der Waals surface area contributed by atoms with Gasteiger partial charge in [0.05, 0.1) is 17.3 Å². The SMILES string of the molecule is CN1CCC(CN(C)c2c(Cl)cccc2CO)C1. The van der Waals surface area contributed by atoms with E-state index in [0.29, 0.717) is 5.92 Å². The van der Waals surface area contributed by atoms with E-state index in [-0.39, 0.29) is 6.61 Å². The summed E-state index contributed by atoms with van der Waals surface area (Å²) in [5, 5.41) is 10.1. The molecule has 0 saturated carbocycles. The Hall–Kier alpha value is -0.770. The summed E-state index contributed by atoms with van der Waals surface area (Å²) in [4.78, 5) is 4.54. The third-order valence-electron chi connectivity index (χ3n) is 3.64. The number of anilines is 1. The van der Waals surface area contributed by atoms with Gasteiger partial charge in [-0.1, -0.05) is 23.7 Å². The molecule has 1 aromatic carbocycles. The average Bonchev–Trinajstić information content (AvgIpc) is 2.74. The molecule has 1 aliphatic heterocycles. The number of para-hydroxylation sites is 1. The van der Waals surface area contributed by atoms with Crippen LogP contribution in [0.4, 0.5) is 5.69 Å². The first kappa shape index (κ1) is 13.7. The van der Waals surface area contributed by atoms with E-state index in [1.54, 1.807) is 0 Å². The van der Waals surface area contributed by atoms with Crippen LogP contribution in [-0.4, -0.2) is 43.7 Å². The predicted molar refractivity (Wildman–Crippen MR) is 76.2 cm³/mol. The molecule has 3 nitrogen and oxygen atoms in total. The second-order valence-corrected chi connectivity index (χ2v) is 5.61. The van der Waals surface area contributed by atoms with Crippen molar-refractivity contribution in [3.05, 3.63) is 28.8 Å². The lowest BCUT2D eigenvalue weighted by molar-refractivity contribution is 0.282. The van der Waals surface area contributed by atoms with Gasteiger partial charge in [0, 0.05) is 25.7 Å². The van der Waals surface area contributed by atoms with Crippen molar-refractivity contribution in [1.29, 1.82) is 0 Å². The molecule has 100 valence electrons. The molecule has 2 rings (SSSR count). The Bertz CT molecular complexity index is 411. The molecule has 1 saturated heterocycles. The zero-order valence-electron chi connectivity index (χ0n) is 11.1. The van der Waals surface area contributed by atoms with Gasteiger partial charge in [-0.05, 0) is 32.0 Å². The number of nitrogens with zero attached hydrogens (tertiary/aromatic N) is 2. The molecule has 1 aliphatic rings. The van der Waals surface area contributed by atoms with Crippen LogP contribution in [0.1, 0.15) is 12.0 Å². The number of hydrogen-bond acceptors (Lipinski definition) is 3. The molecule has 0 aliphatic carbocycles. The molecule has 1 fully saturated rings. The van der Waals surface area contributed by atoms with Crippen molar-refractivity contribution in [2.24, 2.45) is 5.92 Å². The van der Waals surface area contributed by atoms with E-state index in [1.165, 1.54) is 13.0 Å². The third-order valence-corrected chi connectivity index (χ3v) is 3.95. The van der Waals surface area contributed by atoms with Crippen molar-refractivity contribution in [3.8, 4) is 0 Å². The first-order chi connectivity index (χ1) is 8.61. The maximum atomic E-state index is 9.40. The zero-order valence-corrected chi connectivity index (χ0v) is 11.8. The van der Waals surface area contributed by atoms with Crippen LogP contribution < -0.4 is 4.90 Å². The van der Waals surface area contributed by atoms with Crippen molar-refractivity contribution in [2.45, 2.75) is 13.0 Å². The summed E-state index contributed by atoms with van der Waals surface area (Å²) in [7, 11) is 4.22. The Labute approximate surface area is 114 Å². The molecule has 4 heteroatoms. The number of rotatable bonds is 4. The number of benzene rings is 1. The largest absolute Gasteiger partial charge is 0.392 e. The van der Waals surface area contributed by atoms with Gasteiger partial charge in [-0.15, -0.1) is 0 Å². The van der Waals surface area contributed by atoms with E-state index in [4.69, 9.17) is 11.6 Å². The van der Waals surface area contributed by atoms with E-state index in [0.717, 1.165) is 29.4 Å². The van der Waals surface area contributed by atoms with E-state index in [9.17, 15) is 5.11 Å². The highest BCUT2D eigenvalue weighted by Crippen LogP contribution is 2.30. The Kier molecular flexibility index (Phi) is 4.49. The molecule has 0 radical (unpaired) electrons. The lowest BCUT2D eigenvalue weighted by Gasteiger charge is -2.26. The molecule has 1 aromatic rings. The van der Waals surface area contributed by atoms with Gasteiger partial charge in [-0.2, -0.15) is 0 Å². The van der Waals surface area contributed by atoms with Gasteiger partial charge in [0.2, 0.25) is 0 Å². The quantitative estimate of drug-likeness (QED) is 0.907. The molecular formula is C14H21ClN2O. The number of aliphatic hydroxyl groups is 1. The Morgan fingerprint density at radius 2 is 2.28 bits per heavy atom. The molecule has 0 bridgehead atoms. The van der Waals surface area contributed by atoms with Gasteiger partial charge in [0.15, 0.2) is 0 Å². The molecule has 1 N–H and O–H groups in total. The number of likely N-dealkylation sites (tertiary alicyclic amines) is 1. The lowest BCUT2D eigenvalue weighted by Crippen LogP contribution is -2.28. The highest BCUT2D eigenvalue weighted by atomic mass is 35.5. The maximum Gasteiger partial charge on any atom is 0.0702 e. The van der Waals surface area contributed by atoms with Crippen LogP contribution in [0.2, 0.25) is 5.02 Å². The van der Waals surface area contributed by atoms with Crippen LogP contribution in [0, 0.1) is 5.92 Å². The molecular weight excluding hydrogens is 248 g/mol. The predicted octanol–water partition coefficient (Wildman–Crippen LogP) is 2.22. The molecule has 1 heterocycles. The summed E-state index contributed by atoms with van der Waals surface area (Å²) in [5.74, 6) is 0.683. The zero-order chi connectivity index (χ0) is 13.1. The third kappa shape index (κ3) is 2.97. The van der Waals surface area contributed by atoms with Crippen LogP contribution in [0.5, 0.6) is 0 Å². The van der Waals surface area contributed by atoms with Gasteiger partial charge < -0.3 is 14.9 Å². The molecule has 18 heavy (non-hydrogen) atoms. The second-order valence-electron chi connectivity index (χ2n) is 5.20. The fraction of sp³-hybridized carbons (Fsp3) is 0.571. The minimum Gasteiger partial charge on any atom is -0.392 e. The van der Waals surface area contributed by atoms with Gasteiger partial charge >= 0.3 is 0 Å². The van der Waals surface area contributed by atoms with E-state index >= 15 is 0 Å². The van der Waals surface area contributed by atoms with Crippen molar-refractivity contribution >= 4 is 17.3 Å². The summed E-state index contributed by atoms with van der Waals surface area (Å²) in [6, 6.07) is 5.69. The van der Waals surface area contributed by atoms with Crippen molar-refractivity contribution in [3.63, 3.8) is 0 Å². The Balaban J connectivity index is 2.10. The number of halogens is 1. The smallest absolute Gasteiger partial charge is 0.0702 e. The first-order valence-electron chi connectivity index (χ1n) is 6.39. The average molecular weight is 269 g/mol. The topological polar surface area (TPSA) is 26.7 Å². The lowest BCUT2D eigenvalue weighted by atomic mass is 10.1. The Morgan fingerprint density at radius 1 is 1.50 bits per heavy atom. The summed E-state index contributed by atoms with van der Waals surface area (Å²) < 4.78 is 0. The second kappa shape index (κ2) is 5.91. The first-order valence-corrected chi connectivity index (χ1v) is 6.77. The maximum absolute atomic E-state index is 9.40. The van der Waals surface area contributed by atoms with E-state index in [1.807, 2.05) is 18.2 Å². The highest BCUT2D eigenvalue weighted by molar-refractivity contribution is 6.33. The Morgan fingerprint density at radius 3 is 2.89 bits per heavy atom. The fourth-order valence-corrected chi connectivity index (χ4v) is 3.11.